The normalized spacial score (nSPS) is 12.6. The van der Waals surface area contributed by atoms with Gasteiger partial charge in [-0.15, -0.1) is 22.9 Å². The minimum absolute atomic E-state index is 0.0717. The molecule has 0 amide bonds. The van der Waals surface area contributed by atoms with Crippen molar-refractivity contribution in [2.45, 2.75) is 31.2 Å². The molecule has 18 heavy (non-hydrogen) atoms. The molecule has 0 fully saturated rings. The predicted molar refractivity (Wildman–Crippen MR) is 78.7 cm³/mol. The minimum atomic E-state index is -3.61. The number of sulfonamides is 1. The van der Waals surface area contributed by atoms with Gasteiger partial charge in [0.05, 0.1) is 4.34 Å². The van der Waals surface area contributed by atoms with E-state index in [1.165, 1.54) is 10.4 Å². The Balaban J connectivity index is 3.13. The molecular formula is C10H14Cl3NO2S2. The van der Waals surface area contributed by atoms with E-state index in [4.69, 9.17) is 34.8 Å². The molecule has 0 saturated carbocycles. The van der Waals surface area contributed by atoms with Gasteiger partial charge in [0, 0.05) is 18.5 Å². The van der Waals surface area contributed by atoms with Gasteiger partial charge in [0.1, 0.15) is 9.23 Å². The molecule has 1 heterocycles. The first kappa shape index (κ1) is 16.5. The first-order valence-corrected chi connectivity index (χ1v) is 8.88. The molecule has 8 heteroatoms. The monoisotopic (exact) mass is 349 g/mol. The Labute approximate surface area is 127 Å². The van der Waals surface area contributed by atoms with Crippen LogP contribution in [0, 0.1) is 0 Å². The summed E-state index contributed by atoms with van der Waals surface area (Å²) in [4.78, 5) is 0.0717. The first-order valence-electron chi connectivity index (χ1n) is 5.33. The zero-order chi connectivity index (χ0) is 13.9. The molecule has 3 nitrogen and oxygen atoms in total. The molecule has 0 aliphatic carbocycles. The van der Waals surface area contributed by atoms with Crippen molar-refractivity contribution in [1.29, 1.82) is 0 Å². The Morgan fingerprint density at radius 2 is 2.00 bits per heavy atom. The number of hydrogen-bond acceptors (Lipinski definition) is 3. The number of nitrogens with zero attached hydrogens (tertiary/aromatic N) is 1. The van der Waals surface area contributed by atoms with Crippen LogP contribution in [0.4, 0.5) is 0 Å². The van der Waals surface area contributed by atoms with E-state index in [0.29, 0.717) is 23.2 Å². The Kier molecular flexibility index (Phi) is 6.22. The van der Waals surface area contributed by atoms with E-state index in [2.05, 4.69) is 0 Å². The van der Waals surface area contributed by atoms with Gasteiger partial charge in [-0.05, 0) is 26.3 Å². The van der Waals surface area contributed by atoms with Crippen molar-refractivity contribution in [3.05, 3.63) is 14.7 Å². The van der Waals surface area contributed by atoms with Crippen molar-refractivity contribution in [2.24, 2.45) is 0 Å². The standard InChI is InChI=1S/C10H14Cl3NO2S2/c1-7(2)14(5-3-4-11)18(15,16)8-6-9(12)17-10(8)13/h6-7H,3-5H2,1-2H3. The van der Waals surface area contributed by atoms with Crippen LogP contribution in [0.2, 0.25) is 8.67 Å². The van der Waals surface area contributed by atoms with E-state index in [0.717, 1.165) is 11.3 Å². The molecule has 0 spiro atoms. The lowest BCUT2D eigenvalue weighted by Crippen LogP contribution is -2.37. The van der Waals surface area contributed by atoms with Crippen molar-refractivity contribution in [3.63, 3.8) is 0 Å². The van der Waals surface area contributed by atoms with Crippen LogP contribution in [-0.2, 0) is 10.0 Å². The molecule has 0 atom stereocenters. The summed E-state index contributed by atoms with van der Waals surface area (Å²) < 4.78 is 26.9. The average Bonchev–Trinajstić information content (AvgIpc) is 2.58. The third kappa shape index (κ3) is 3.74. The molecular weight excluding hydrogens is 337 g/mol. The van der Waals surface area contributed by atoms with Gasteiger partial charge >= 0.3 is 0 Å². The number of halogens is 3. The second-order valence-corrected chi connectivity index (χ2v) is 8.46. The summed E-state index contributed by atoms with van der Waals surface area (Å²) >= 11 is 18.4. The third-order valence-electron chi connectivity index (χ3n) is 2.30. The second-order valence-electron chi connectivity index (χ2n) is 3.94. The summed E-state index contributed by atoms with van der Waals surface area (Å²) in [6, 6.07) is 1.23. The summed E-state index contributed by atoms with van der Waals surface area (Å²) in [5, 5.41) is 0. The van der Waals surface area contributed by atoms with Gasteiger partial charge < -0.3 is 0 Å². The fourth-order valence-electron chi connectivity index (χ4n) is 1.50. The lowest BCUT2D eigenvalue weighted by Gasteiger charge is -2.25. The molecule has 0 saturated heterocycles. The molecule has 0 N–H and O–H groups in total. The maximum atomic E-state index is 12.5. The van der Waals surface area contributed by atoms with E-state index in [-0.39, 0.29) is 15.3 Å². The molecule has 0 unspecified atom stereocenters. The zero-order valence-electron chi connectivity index (χ0n) is 9.99. The number of alkyl halides is 1. The van der Waals surface area contributed by atoms with Gasteiger partial charge in [0.15, 0.2) is 0 Å². The SMILES string of the molecule is CC(C)N(CCCCl)S(=O)(=O)c1cc(Cl)sc1Cl. The predicted octanol–water partition coefficient (Wildman–Crippen LogP) is 4.08. The molecule has 1 aromatic heterocycles. The highest BCUT2D eigenvalue weighted by atomic mass is 35.5. The van der Waals surface area contributed by atoms with Crippen molar-refractivity contribution < 1.29 is 8.42 Å². The van der Waals surface area contributed by atoms with Gasteiger partial charge in [-0.3, -0.25) is 0 Å². The van der Waals surface area contributed by atoms with Crippen molar-refractivity contribution in [1.82, 2.24) is 4.31 Å². The lowest BCUT2D eigenvalue weighted by atomic mass is 10.4. The summed E-state index contributed by atoms with van der Waals surface area (Å²) in [5.74, 6) is 0.414. The molecule has 0 radical (unpaired) electrons. The van der Waals surface area contributed by atoms with E-state index in [1.54, 1.807) is 0 Å². The lowest BCUT2D eigenvalue weighted by molar-refractivity contribution is 0.355. The molecule has 0 aliphatic rings. The Morgan fingerprint density at radius 1 is 1.39 bits per heavy atom. The first-order chi connectivity index (χ1) is 8.30. The van der Waals surface area contributed by atoms with Crippen LogP contribution in [0.1, 0.15) is 20.3 Å². The molecule has 0 aliphatic heterocycles. The molecule has 1 aromatic rings. The number of rotatable bonds is 6. The third-order valence-corrected chi connectivity index (χ3v) is 6.40. The smallest absolute Gasteiger partial charge is 0.207 e. The average molecular weight is 351 g/mol. The van der Waals surface area contributed by atoms with Crippen LogP contribution in [0.5, 0.6) is 0 Å². The maximum Gasteiger partial charge on any atom is 0.245 e. The van der Waals surface area contributed by atoms with Gasteiger partial charge in [-0.1, -0.05) is 23.2 Å². The van der Waals surface area contributed by atoms with Gasteiger partial charge in [0.2, 0.25) is 10.0 Å². The largest absolute Gasteiger partial charge is 0.245 e. The van der Waals surface area contributed by atoms with Crippen LogP contribution in [0.25, 0.3) is 0 Å². The number of thiophene rings is 1. The Morgan fingerprint density at radius 3 is 2.39 bits per heavy atom. The summed E-state index contributed by atoms with van der Waals surface area (Å²) in [6.07, 6.45) is 0.592. The van der Waals surface area contributed by atoms with E-state index in [1.807, 2.05) is 13.8 Å². The Hall–Kier alpha value is 0.480. The Bertz CT molecular complexity index is 499. The van der Waals surface area contributed by atoms with Crippen molar-refractivity contribution in [2.75, 3.05) is 12.4 Å². The highest BCUT2D eigenvalue weighted by Gasteiger charge is 2.30. The minimum Gasteiger partial charge on any atom is -0.207 e. The van der Waals surface area contributed by atoms with Gasteiger partial charge in [0.25, 0.3) is 0 Å². The quantitative estimate of drug-likeness (QED) is 0.725. The molecule has 1 rings (SSSR count). The fraction of sp³-hybridized carbons (Fsp3) is 0.600. The second kappa shape index (κ2) is 6.77. The van der Waals surface area contributed by atoms with E-state index < -0.39 is 10.0 Å². The molecule has 0 aromatic carbocycles. The van der Waals surface area contributed by atoms with Crippen molar-refractivity contribution >= 4 is 56.2 Å². The van der Waals surface area contributed by atoms with Crippen LogP contribution in [-0.4, -0.2) is 31.2 Å². The highest BCUT2D eigenvalue weighted by Crippen LogP contribution is 2.36. The zero-order valence-corrected chi connectivity index (χ0v) is 13.9. The van der Waals surface area contributed by atoms with Crippen LogP contribution in [0.3, 0.4) is 0 Å². The van der Waals surface area contributed by atoms with E-state index in [9.17, 15) is 8.42 Å². The van der Waals surface area contributed by atoms with Crippen LogP contribution >= 0.6 is 46.1 Å². The van der Waals surface area contributed by atoms with Crippen molar-refractivity contribution in [3.8, 4) is 0 Å². The number of hydrogen-bond donors (Lipinski definition) is 0. The van der Waals surface area contributed by atoms with E-state index >= 15 is 0 Å². The summed E-state index contributed by atoms with van der Waals surface area (Å²) in [7, 11) is -3.61. The molecule has 104 valence electrons. The van der Waals surface area contributed by atoms with Gasteiger partial charge in [-0.2, -0.15) is 4.31 Å². The highest BCUT2D eigenvalue weighted by molar-refractivity contribution is 7.89. The molecule has 0 bridgehead atoms. The summed E-state index contributed by atoms with van der Waals surface area (Å²) in [5.41, 5.74) is 0. The van der Waals surface area contributed by atoms with Crippen LogP contribution < -0.4 is 0 Å². The topological polar surface area (TPSA) is 37.4 Å². The summed E-state index contributed by atoms with van der Waals surface area (Å²) in [6.45, 7) is 3.99. The maximum absolute atomic E-state index is 12.5. The van der Waals surface area contributed by atoms with Crippen LogP contribution in [0.15, 0.2) is 11.0 Å². The fourth-order valence-corrected chi connectivity index (χ4v) is 5.41. The van der Waals surface area contributed by atoms with Gasteiger partial charge in [-0.25, -0.2) is 8.42 Å².